The fourth-order valence-electron chi connectivity index (χ4n) is 4.15. The number of carboxylic acids is 1. The van der Waals surface area contributed by atoms with Crippen molar-refractivity contribution in [3.8, 4) is 0 Å². The number of carboxylic acid groups (broad SMARTS) is 1. The molecule has 270 valence electrons. The van der Waals surface area contributed by atoms with Gasteiger partial charge in [-0.25, -0.2) is 4.57 Å². The van der Waals surface area contributed by atoms with Gasteiger partial charge in [-0.1, -0.05) is 114 Å². The lowest BCUT2D eigenvalue weighted by molar-refractivity contribution is -0.161. The summed E-state index contributed by atoms with van der Waals surface area (Å²) in [5.74, 6) is -2.50. The normalized spacial score (nSPS) is 14.6. The summed E-state index contributed by atoms with van der Waals surface area (Å²) < 4.78 is 31.7. The summed E-state index contributed by atoms with van der Waals surface area (Å²) >= 11 is 0. The van der Waals surface area contributed by atoms with Gasteiger partial charge in [-0.05, 0) is 44.9 Å². The molecule has 0 bridgehead atoms. The molecule has 0 saturated carbocycles. The van der Waals surface area contributed by atoms with Gasteiger partial charge in [-0.15, -0.1) is 0 Å². The number of rotatable bonds is 31. The quantitative estimate of drug-likeness (QED) is 0.0280. The second kappa shape index (κ2) is 30.8. The predicted molar refractivity (Wildman–Crippen MR) is 185 cm³/mol. The molecule has 47 heavy (non-hydrogen) atoms. The third-order valence-corrected chi connectivity index (χ3v) is 7.85. The van der Waals surface area contributed by atoms with Crippen LogP contribution in [0.1, 0.15) is 123 Å². The molecule has 0 saturated heterocycles. The molecule has 3 atom stereocenters. The molecule has 0 aromatic heterocycles. The van der Waals surface area contributed by atoms with E-state index in [1.807, 2.05) is 0 Å². The highest BCUT2D eigenvalue weighted by atomic mass is 31.2. The van der Waals surface area contributed by atoms with Gasteiger partial charge in [-0.3, -0.25) is 23.4 Å². The Balaban J connectivity index is 3.95. The van der Waals surface area contributed by atoms with Gasteiger partial charge in [0.15, 0.2) is 6.10 Å². The molecule has 0 aromatic carbocycles. The maximum absolute atomic E-state index is 12.3. The molecule has 0 aliphatic rings. The van der Waals surface area contributed by atoms with E-state index >= 15 is 0 Å². The number of hydrogen-bond acceptors (Lipinski definition) is 9. The molecule has 0 aromatic rings. The van der Waals surface area contributed by atoms with Gasteiger partial charge in [0.25, 0.3) is 0 Å². The second-order valence-corrected chi connectivity index (χ2v) is 12.7. The number of carbonyl (C=O) groups excluding carboxylic acids is 2. The highest BCUT2D eigenvalue weighted by Gasteiger charge is 2.28. The third-order valence-electron chi connectivity index (χ3n) is 6.90. The van der Waals surface area contributed by atoms with Crippen LogP contribution < -0.4 is 5.73 Å². The number of aliphatic carboxylic acids is 1. The van der Waals surface area contributed by atoms with Crippen molar-refractivity contribution in [3.05, 3.63) is 48.6 Å². The summed E-state index contributed by atoms with van der Waals surface area (Å²) in [4.78, 5) is 44.3. The molecular formula is C35H60NO10P. The molecule has 0 aliphatic carbocycles. The molecule has 0 aliphatic heterocycles. The zero-order valence-electron chi connectivity index (χ0n) is 28.6. The highest BCUT2D eigenvalue weighted by molar-refractivity contribution is 7.47. The van der Waals surface area contributed by atoms with Crippen LogP contribution in [0.5, 0.6) is 0 Å². The van der Waals surface area contributed by atoms with Gasteiger partial charge in [0.05, 0.1) is 13.2 Å². The first-order valence-electron chi connectivity index (χ1n) is 17.2. The molecule has 0 amide bonds. The van der Waals surface area contributed by atoms with Gasteiger partial charge in [0.2, 0.25) is 0 Å². The number of hydrogen-bond donors (Lipinski definition) is 3. The smallest absolute Gasteiger partial charge is 0.472 e. The first kappa shape index (κ1) is 44.4. The van der Waals surface area contributed by atoms with Crippen LogP contribution in [0.3, 0.4) is 0 Å². The Morgan fingerprint density at radius 2 is 1.17 bits per heavy atom. The minimum atomic E-state index is -4.68. The van der Waals surface area contributed by atoms with E-state index in [1.165, 1.54) is 38.5 Å². The topological polar surface area (TPSA) is 172 Å². The number of ether oxygens (including phenoxy) is 2. The van der Waals surface area contributed by atoms with Crippen LogP contribution in [0.25, 0.3) is 0 Å². The fraction of sp³-hybridized carbons (Fsp3) is 0.686. The van der Waals surface area contributed by atoms with Crippen LogP contribution in [0, 0.1) is 0 Å². The first-order valence-corrected chi connectivity index (χ1v) is 18.7. The van der Waals surface area contributed by atoms with Crippen molar-refractivity contribution in [2.45, 2.75) is 135 Å². The molecule has 4 N–H and O–H groups in total. The summed E-state index contributed by atoms with van der Waals surface area (Å²) in [6, 6.07) is -1.52. The van der Waals surface area contributed by atoms with Gasteiger partial charge in [0.1, 0.15) is 12.6 Å². The third kappa shape index (κ3) is 30.5. The maximum atomic E-state index is 12.3. The van der Waals surface area contributed by atoms with Crippen LogP contribution >= 0.6 is 7.82 Å². The number of phosphoric ester groups is 1. The van der Waals surface area contributed by atoms with E-state index in [0.29, 0.717) is 6.42 Å². The summed E-state index contributed by atoms with van der Waals surface area (Å²) in [6.45, 7) is 2.02. The molecule has 11 nitrogen and oxygen atoms in total. The second-order valence-electron chi connectivity index (χ2n) is 11.2. The summed E-state index contributed by atoms with van der Waals surface area (Å²) in [5, 5.41) is 8.75. The van der Waals surface area contributed by atoms with Crippen LogP contribution in [0.2, 0.25) is 0 Å². The van der Waals surface area contributed by atoms with Gasteiger partial charge in [0, 0.05) is 12.8 Å². The summed E-state index contributed by atoms with van der Waals surface area (Å²) in [6.07, 6.45) is 33.1. The summed E-state index contributed by atoms with van der Waals surface area (Å²) in [7, 11) is -4.68. The van der Waals surface area contributed by atoms with Gasteiger partial charge in [-0.2, -0.15) is 0 Å². The number of allylic oxidation sites excluding steroid dienone is 8. The number of phosphoric acid groups is 1. The Morgan fingerprint density at radius 3 is 1.70 bits per heavy atom. The number of unbranched alkanes of at least 4 members (excludes halogenated alkanes) is 10. The molecule has 0 heterocycles. The van der Waals surface area contributed by atoms with E-state index in [0.717, 1.165) is 51.4 Å². The molecule has 3 unspecified atom stereocenters. The van der Waals surface area contributed by atoms with E-state index in [1.54, 1.807) is 6.92 Å². The zero-order valence-corrected chi connectivity index (χ0v) is 29.5. The van der Waals surface area contributed by atoms with E-state index in [4.69, 9.17) is 24.8 Å². The predicted octanol–water partition coefficient (Wildman–Crippen LogP) is 7.88. The standard InChI is InChI=1S/C35H60NO10P/c1-3-5-6-7-8-9-10-11-12-13-14-15-16-17-18-19-20-21-22-23-24-25-26-27-34(38)46-31(28-43-33(37)4-2)29-44-47(41,42)45-30-32(36)35(39)40/h5-6,8-9,11-12,14-15,31-32H,3-4,7,10,13,16-30,36H2,1-2H3,(H,39,40)(H,41,42)/b6-5-,9-8-,12-11-,15-14-. The van der Waals surface area contributed by atoms with Crippen molar-refractivity contribution < 1.29 is 47.5 Å². The monoisotopic (exact) mass is 685 g/mol. The molecule has 12 heteroatoms. The molecular weight excluding hydrogens is 625 g/mol. The lowest BCUT2D eigenvalue weighted by atomic mass is 10.0. The molecule has 0 rings (SSSR count). The molecule has 0 spiro atoms. The van der Waals surface area contributed by atoms with Crippen molar-refractivity contribution in [2.24, 2.45) is 5.73 Å². The minimum Gasteiger partial charge on any atom is -0.480 e. The average Bonchev–Trinajstić information content (AvgIpc) is 3.04. The SMILES string of the molecule is CC/C=C\C/C=C\C/C=C\C/C=C\CCCCCCCCCCCCC(=O)OC(COC(=O)CC)COP(=O)(O)OCC(N)C(=O)O. The highest BCUT2D eigenvalue weighted by Crippen LogP contribution is 2.43. The Kier molecular flexibility index (Phi) is 29.1. The van der Waals surface area contributed by atoms with Crippen LogP contribution in [0.15, 0.2) is 48.6 Å². The zero-order chi connectivity index (χ0) is 35.0. The van der Waals surface area contributed by atoms with E-state index < -0.39 is 51.1 Å². The Bertz CT molecular complexity index is 995. The largest absolute Gasteiger partial charge is 0.480 e. The van der Waals surface area contributed by atoms with Crippen molar-refractivity contribution in [2.75, 3.05) is 19.8 Å². The number of esters is 2. The lowest BCUT2D eigenvalue weighted by Gasteiger charge is -2.20. The Hall–Kier alpha value is -2.56. The van der Waals surface area contributed by atoms with E-state index in [2.05, 4.69) is 60.1 Å². The number of carbonyl (C=O) groups is 3. The van der Waals surface area contributed by atoms with Crippen molar-refractivity contribution in [1.29, 1.82) is 0 Å². The van der Waals surface area contributed by atoms with Crippen molar-refractivity contribution >= 4 is 25.7 Å². The number of nitrogens with two attached hydrogens (primary N) is 1. The fourth-order valence-corrected chi connectivity index (χ4v) is 4.93. The Morgan fingerprint density at radius 1 is 0.681 bits per heavy atom. The average molecular weight is 686 g/mol. The van der Waals surface area contributed by atoms with Gasteiger partial charge < -0.3 is 25.2 Å². The maximum Gasteiger partial charge on any atom is 0.472 e. The van der Waals surface area contributed by atoms with Gasteiger partial charge >= 0.3 is 25.7 Å². The van der Waals surface area contributed by atoms with Crippen LogP contribution in [-0.4, -0.2) is 59.9 Å². The molecule has 0 fully saturated rings. The Labute approximate surface area is 282 Å². The summed E-state index contributed by atoms with van der Waals surface area (Å²) in [5.41, 5.74) is 5.25. The van der Waals surface area contributed by atoms with E-state index in [-0.39, 0.29) is 19.4 Å². The lowest BCUT2D eigenvalue weighted by Crippen LogP contribution is -2.34. The van der Waals surface area contributed by atoms with E-state index in [9.17, 15) is 23.8 Å². The van der Waals surface area contributed by atoms with Crippen molar-refractivity contribution in [1.82, 2.24) is 0 Å². The first-order chi connectivity index (χ1) is 22.6. The molecule has 0 radical (unpaired) electrons. The van der Waals surface area contributed by atoms with Crippen LogP contribution in [0.4, 0.5) is 0 Å². The van der Waals surface area contributed by atoms with Crippen molar-refractivity contribution in [3.63, 3.8) is 0 Å². The minimum absolute atomic E-state index is 0.100. The van der Waals surface area contributed by atoms with Crippen LogP contribution in [-0.2, 0) is 37.5 Å².